The number of piperidine rings is 1. The Morgan fingerprint density at radius 2 is 2.08 bits per heavy atom. The van der Waals surface area contributed by atoms with Gasteiger partial charge < -0.3 is 13.9 Å². The van der Waals surface area contributed by atoms with Gasteiger partial charge in [-0.25, -0.2) is 0 Å². The van der Waals surface area contributed by atoms with Gasteiger partial charge in [0.1, 0.15) is 12.2 Å². The van der Waals surface area contributed by atoms with Crippen LogP contribution in [-0.2, 0) is 13.0 Å². The molecule has 0 aliphatic carbocycles. The first kappa shape index (κ1) is 16.6. The summed E-state index contributed by atoms with van der Waals surface area (Å²) >= 11 is 0. The summed E-state index contributed by atoms with van der Waals surface area (Å²) in [6.07, 6.45) is 6.26. The Kier molecular flexibility index (Phi) is 4.82. The topological polar surface area (TPSA) is 64.2 Å². The smallest absolute Gasteiger partial charge is 0.289 e. The number of likely N-dealkylation sites (tertiary alicyclic amines) is 1. The molecule has 2 aromatic heterocycles. The van der Waals surface area contributed by atoms with Crippen LogP contribution in [0.25, 0.3) is 0 Å². The molecule has 3 heterocycles. The van der Waals surface area contributed by atoms with Crippen molar-refractivity contribution in [1.29, 1.82) is 0 Å². The van der Waals surface area contributed by atoms with Gasteiger partial charge in [0.15, 0.2) is 5.76 Å². The minimum atomic E-state index is -0.0227. The number of hydrogen-bond acceptors (Lipinski definition) is 4. The maximum Gasteiger partial charge on any atom is 0.289 e. The summed E-state index contributed by atoms with van der Waals surface area (Å²) < 4.78 is 7.36. The third-order valence-corrected chi connectivity index (χ3v) is 4.90. The minimum absolute atomic E-state index is 0.0227. The normalized spacial score (nSPS) is 17.4. The molecule has 1 amide bonds. The molecule has 1 fully saturated rings. The predicted molar refractivity (Wildman–Crippen MR) is 96.6 cm³/mol. The second-order valence-corrected chi connectivity index (χ2v) is 6.80. The number of amides is 1. The molecule has 4 rings (SSSR count). The first-order valence-electron chi connectivity index (χ1n) is 9.03. The molecule has 1 unspecified atom stereocenters. The SMILES string of the molecule is O=C(c1ccco1)N1CCCC(Cc2nncn2Cc2ccccc2)C1. The highest BCUT2D eigenvalue weighted by molar-refractivity contribution is 5.91. The third-order valence-electron chi connectivity index (χ3n) is 4.90. The Morgan fingerprint density at radius 1 is 1.19 bits per heavy atom. The van der Waals surface area contributed by atoms with Gasteiger partial charge in [-0.05, 0) is 36.5 Å². The summed E-state index contributed by atoms with van der Waals surface area (Å²) in [7, 11) is 0. The average Bonchev–Trinajstić information content (AvgIpc) is 3.35. The van der Waals surface area contributed by atoms with Gasteiger partial charge in [0.2, 0.25) is 0 Å². The van der Waals surface area contributed by atoms with Crippen molar-refractivity contribution >= 4 is 5.91 Å². The molecule has 3 aromatic rings. The Labute approximate surface area is 152 Å². The van der Waals surface area contributed by atoms with Crippen LogP contribution in [0.4, 0.5) is 0 Å². The van der Waals surface area contributed by atoms with Gasteiger partial charge in [0, 0.05) is 19.5 Å². The van der Waals surface area contributed by atoms with Crippen molar-refractivity contribution in [3.63, 3.8) is 0 Å². The lowest BCUT2D eigenvalue weighted by atomic mass is 9.94. The van der Waals surface area contributed by atoms with Gasteiger partial charge in [-0.15, -0.1) is 10.2 Å². The molecule has 0 radical (unpaired) electrons. The van der Waals surface area contributed by atoms with E-state index in [9.17, 15) is 4.79 Å². The van der Waals surface area contributed by atoms with Crippen LogP contribution in [0.3, 0.4) is 0 Å². The summed E-state index contributed by atoms with van der Waals surface area (Å²) in [6.45, 7) is 2.29. The van der Waals surface area contributed by atoms with Gasteiger partial charge in [-0.3, -0.25) is 4.79 Å². The number of benzene rings is 1. The van der Waals surface area contributed by atoms with Crippen LogP contribution >= 0.6 is 0 Å². The molecule has 0 saturated carbocycles. The summed E-state index contributed by atoms with van der Waals surface area (Å²) in [6, 6.07) is 13.8. The fourth-order valence-corrected chi connectivity index (χ4v) is 3.58. The van der Waals surface area contributed by atoms with Gasteiger partial charge >= 0.3 is 0 Å². The van der Waals surface area contributed by atoms with Crippen molar-refractivity contribution in [2.75, 3.05) is 13.1 Å². The molecule has 1 atom stereocenters. The summed E-state index contributed by atoms with van der Waals surface area (Å²) in [5.74, 6) is 1.76. The number of carbonyl (C=O) groups excluding carboxylic acids is 1. The second-order valence-electron chi connectivity index (χ2n) is 6.80. The fourth-order valence-electron chi connectivity index (χ4n) is 3.58. The summed E-state index contributed by atoms with van der Waals surface area (Å²) in [4.78, 5) is 14.4. The second kappa shape index (κ2) is 7.56. The number of hydrogen-bond donors (Lipinski definition) is 0. The first-order chi connectivity index (χ1) is 12.8. The Bertz CT molecular complexity index is 842. The highest BCUT2D eigenvalue weighted by Crippen LogP contribution is 2.22. The van der Waals surface area contributed by atoms with Crippen LogP contribution in [0.5, 0.6) is 0 Å². The van der Waals surface area contributed by atoms with E-state index in [-0.39, 0.29) is 5.91 Å². The van der Waals surface area contributed by atoms with E-state index in [0.29, 0.717) is 11.7 Å². The van der Waals surface area contributed by atoms with E-state index in [1.807, 2.05) is 23.1 Å². The Hall–Kier alpha value is -2.89. The van der Waals surface area contributed by atoms with Crippen LogP contribution in [0.1, 0.15) is 34.8 Å². The van der Waals surface area contributed by atoms with Gasteiger partial charge in [-0.2, -0.15) is 0 Å². The number of nitrogens with zero attached hydrogens (tertiary/aromatic N) is 4. The zero-order valence-corrected chi connectivity index (χ0v) is 14.6. The van der Waals surface area contributed by atoms with E-state index >= 15 is 0 Å². The maximum atomic E-state index is 12.5. The zero-order chi connectivity index (χ0) is 17.8. The highest BCUT2D eigenvalue weighted by atomic mass is 16.3. The van der Waals surface area contributed by atoms with Crippen molar-refractivity contribution in [3.8, 4) is 0 Å². The van der Waals surface area contributed by atoms with Crippen LogP contribution in [-0.4, -0.2) is 38.7 Å². The monoisotopic (exact) mass is 350 g/mol. The third kappa shape index (κ3) is 3.69. The average molecular weight is 350 g/mol. The molecule has 1 aliphatic heterocycles. The molecular weight excluding hydrogens is 328 g/mol. The molecule has 1 aromatic carbocycles. The molecule has 1 aliphatic rings. The minimum Gasteiger partial charge on any atom is -0.459 e. The highest BCUT2D eigenvalue weighted by Gasteiger charge is 2.27. The zero-order valence-electron chi connectivity index (χ0n) is 14.6. The predicted octanol–water partition coefficient (Wildman–Crippen LogP) is 3.01. The molecule has 6 heteroatoms. The maximum absolute atomic E-state index is 12.5. The fraction of sp³-hybridized carbons (Fsp3) is 0.350. The van der Waals surface area contributed by atoms with E-state index in [1.54, 1.807) is 24.7 Å². The molecular formula is C20H22N4O2. The molecule has 6 nitrogen and oxygen atoms in total. The lowest BCUT2D eigenvalue weighted by Crippen LogP contribution is -2.40. The van der Waals surface area contributed by atoms with Crippen LogP contribution in [0, 0.1) is 5.92 Å². The van der Waals surface area contributed by atoms with E-state index in [2.05, 4.69) is 26.9 Å². The Morgan fingerprint density at radius 3 is 2.88 bits per heavy atom. The van der Waals surface area contributed by atoms with Crippen molar-refractivity contribution in [2.45, 2.75) is 25.8 Å². The number of aromatic nitrogens is 3. The van der Waals surface area contributed by atoms with Crippen LogP contribution in [0.2, 0.25) is 0 Å². The van der Waals surface area contributed by atoms with E-state index in [1.165, 1.54) is 5.56 Å². The van der Waals surface area contributed by atoms with Gasteiger partial charge in [0.25, 0.3) is 5.91 Å². The van der Waals surface area contributed by atoms with Crippen molar-refractivity contribution in [2.24, 2.45) is 5.92 Å². The molecule has 134 valence electrons. The number of furan rings is 1. The lowest BCUT2D eigenvalue weighted by Gasteiger charge is -2.32. The van der Waals surface area contributed by atoms with Gasteiger partial charge in [-0.1, -0.05) is 30.3 Å². The number of rotatable bonds is 5. The van der Waals surface area contributed by atoms with Crippen LogP contribution < -0.4 is 0 Å². The Balaban J connectivity index is 1.41. The van der Waals surface area contributed by atoms with E-state index in [4.69, 9.17) is 4.42 Å². The van der Waals surface area contributed by atoms with E-state index in [0.717, 1.165) is 44.7 Å². The van der Waals surface area contributed by atoms with E-state index < -0.39 is 0 Å². The molecule has 0 N–H and O–H groups in total. The molecule has 0 bridgehead atoms. The largest absolute Gasteiger partial charge is 0.459 e. The lowest BCUT2D eigenvalue weighted by molar-refractivity contribution is 0.0639. The summed E-state index contributed by atoms with van der Waals surface area (Å²) in [5, 5.41) is 8.41. The van der Waals surface area contributed by atoms with Crippen LogP contribution in [0.15, 0.2) is 59.5 Å². The molecule has 0 spiro atoms. The summed E-state index contributed by atoms with van der Waals surface area (Å²) in [5.41, 5.74) is 1.23. The van der Waals surface area contributed by atoms with Gasteiger partial charge in [0.05, 0.1) is 12.8 Å². The van der Waals surface area contributed by atoms with Crippen molar-refractivity contribution in [3.05, 3.63) is 72.2 Å². The molecule has 26 heavy (non-hydrogen) atoms. The molecule has 1 saturated heterocycles. The number of carbonyl (C=O) groups is 1. The quantitative estimate of drug-likeness (QED) is 0.709. The first-order valence-corrected chi connectivity index (χ1v) is 9.03. The van der Waals surface area contributed by atoms with Crippen molar-refractivity contribution < 1.29 is 9.21 Å². The standard InChI is InChI=1S/C20H22N4O2/c25-20(18-9-5-11-26-18)23-10-4-8-17(14-23)12-19-22-21-15-24(19)13-16-6-2-1-3-7-16/h1-3,5-7,9,11,15,17H,4,8,10,12-14H2. The van der Waals surface area contributed by atoms with Crippen molar-refractivity contribution in [1.82, 2.24) is 19.7 Å².